The van der Waals surface area contributed by atoms with E-state index in [4.69, 9.17) is 11.6 Å². The van der Waals surface area contributed by atoms with Gasteiger partial charge in [0.15, 0.2) is 0 Å². The van der Waals surface area contributed by atoms with Gasteiger partial charge in [-0.05, 0) is 87.2 Å². The van der Waals surface area contributed by atoms with Crippen molar-refractivity contribution < 1.29 is 18.0 Å². The Bertz CT molecular complexity index is 1420. The summed E-state index contributed by atoms with van der Waals surface area (Å²) >= 11 is 6.20. The number of carbonyl (C=O) groups is 2. The van der Waals surface area contributed by atoms with Crippen LogP contribution in [-0.2, 0) is 26.2 Å². The second-order valence-electron chi connectivity index (χ2n) is 10.1. The summed E-state index contributed by atoms with van der Waals surface area (Å²) in [7, 11) is -4.11. The highest BCUT2D eigenvalue weighted by atomic mass is 35.5. The molecule has 0 saturated carbocycles. The van der Waals surface area contributed by atoms with Crippen molar-refractivity contribution in [1.82, 2.24) is 10.2 Å². The number of benzene rings is 3. The molecule has 0 aromatic heterocycles. The Morgan fingerprint density at radius 3 is 2.17 bits per heavy atom. The molecule has 0 saturated heterocycles. The van der Waals surface area contributed by atoms with Crippen LogP contribution in [0.2, 0.25) is 5.02 Å². The van der Waals surface area contributed by atoms with E-state index >= 15 is 0 Å². The maximum atomic E-state index is 14.0. The number of hydrogen-bond donors (Lipinski definition) is 1. The van der Waals surface area contributed by atoms with Crippen LogP contribution in [0.25, 0.3) is 0 Å². The molecule has 0 radical (unpaired) electrons. The van der Waals surface area contributed by atoms with E-state index in [9.17, 15) is 18.0 Å². The number of amides is 2. The Labute approximate surface area is 243 Å². The maximum Gasteiger partial charge on any atom is 0.264 e. The molecule has 3 aromatic carbocycles. The van der Waals surface area contributed by atoms with Crippen LogP contribution in [0.1, 0.15) is 48.9 Å². The smallest absolute Gasteiger partial charge is 0.264 e. The summed E-state index contributed by atoms with van der Waals surface area (Å²) in [5.41, 5.74) is 3.77. The molecule has 1 atom stereocenters. The lowest BCUT2D eigenvalue weighted by atomic mass is 10.1. The minimum atomic E-state index is -4.11. The third-order valence-electron chi connectivity index (χ3n) is 6.62. The Hall–Kier alpha value is -3.36. The number of anilines is 1. The van der Waals surface area contributed by atoms with Gasteiger partial charge in [-0.2, -0.15) is 0 Å². The van der Waals surface area contributed by atoms with E-state index in [1.807, 2.05) is 39.8 Å². The molecule has 0 bridgehead atoms. The van der Waals surface area contributed by atoms with Crippen molar-refractivity contribution >= 4 is 39.1 Å². The monoisotopic (exact) mass is 583 g/mol. The van der Waals surface area contributed by atoms with Gasteiger partial charge in [-0.15, -0.1) is 0 Å². The first-order valence-electron chi connectivity index (χ1n) is 13.4. The summed E-state index contributed by atoms with van der Waals surface area (Å²) in [4.78, 5) is 28.5. The number of hydrogen-bond acceptors (Lipinski definition) is 4. The zero-order chi connectivity index (χ0) is 29.4. The SMILES string of the molecule is CCCCNC(=O)[C@H](C)N(Cc1cccc(Cl)c1)C(=O)CN(c1cc(C)cc(C)c1)S(=O)(=O)c1ccc(C)cc1. The second kappa shape index (κ2) is 13.8. The Kier molecular flexibility index (Phi) is 10.8. The fourth-order valence-corrected chi connectivity index (χ4v) is 6.02. The van der Waals surface area contributed by atoms with Gasteiger partial charge < -0.3 is 10.2 Å². The lowest BCUT2D eigenvalue weighted by Gasteiger charge is -2.32. The zero-order valence-electron chi connectivity index (χ0n) is 23.8. The molecule has 0 fully saturated rings. The topological polar surface area (TPSA) is 86.8 Å². The number of unbranched alkanes of at least 4 members (excludes halogenated alkanes) is 1. The molecule has 2 amide bonds. The second-order valence-corrected chi connectivity index (χ2v) is 12.4. The number of halogens is 1. The Balaban J connectivity index is 2.03. The largest absolute Gasteiger partial charge is 0.354 e. The van der Waals surface area contributed by atoms with Crippen LogP contribution in [-0.4, -0.2) is 44.3 Å². The van der Waals surface area contributed by atoms with Crippen LogP contribution >= 0.6 is 11.6 Å². The van der Waals surface area contributed by atoms with E-state index in [2.05, 4.69) is 5.32 Å². The highest BCUT2D eigenvalue weighted by Crippen LogP contribution is 2.27. The minimum Gasteiger partial charge on any atom is -0.354 e. The van der Waals surface area contributed by atoms with Crippen LogP contribution in [0.15, 0.2) is 71.6 Å². The van der Waals surface area contributed by atoms with Crippen LogP contribution in [0.4, 0.5) is 5.69 Å². The summed E-state index contributed by atoms with van der Waals surface area (Å²) in [6.45, 7) is 9.42. The van der Waals surface area contributed by atoms with Crippen LogP contribution in [0, 0.1) is 20.8 Å². The van der Waals surface area contributed by atoms with E-state index in [0.29, 0.717) is 17.3 Å². The highest BCUT2D eigenvalue weighted by Gasteiger charge is 2.32. The van der Waals surface area contributed by atoms with Crippen molar-refractivity contribution in [3.05, 3.63) is 94.0 Å². The molecule has 214 valence electrons. The lowest BCUT2D eigenvalue weighted by Crippen LogP contribution is -2.51. The van der Waals surface area contributed by atoms with Crippen molar-refractivity contribution in [2.75, 3.05) is 17.4 Å². The van der Waals surface area contributed by atoms with E-state index in [1.165, 1.54) is 4.90 Å². The first-order chi connectivity index (χ1) is 18.9. The maximum absolute atomic E-state index is 14.0. The van der Waals surface area contributed by atoms with Gasteiger partial charge in [-0.1, -0.05) is 60.8 Å². The van der Waals surface area contributed by atoms with Gasteiger partial charge in [-0.25, -0.2) is 8.42 Å². The molecule has 1 N–H and O–H groups in total. The molecular weight excluding hydrogens is 546 g/mol. The third-order valence-corrected chi connectivity index (χ3v) is 8.64. The molecule has 3 aromatic rings. The van der Waals surface area contributed by atoms with Gasteiger partial charge in [0.05, 0.1) is 10.6 Å². The van der Waals surface area contributed by atoms with Crippen molar-refractivity contribution in [2.24, 2.45) is 0 Å². The molecular formula is C31H38ClN3O4S. The van der Waals surface area contributed by atoms with Gasteiger partial charge in [-0.3, -0.25) is 13.9 Å². The van der Waals surface area contributed by atoms with Gasteiger partial charge in [0, 0.05) is 18.1 Å². The van der Waals surface area contributed by atoms with E-state index < -0.39 is 28.5 Å². The summed E-state index contributed by atoms with van der Waals surface area (Å²) in [5, 5.41) is 3.39. The van der Waals surface area contributed by atoms with Crippen molar-refractivity contribution in [1.29, 1.82) is 0 Å². The standard InChI is InChI=1S/C31H38ClN3O4S/c1-6-7-15-33-31(37)25(5)34(20-26-9-8-10-27(32)19-26)30(36)21-35(28-17-23(3)16-24(4)18-28)40(38,39)29-13-11-22(2)12-14-29/h8-14,16-19,25H,6-7,15,20-21H2,1-5H3,(H,33,37)/t25-/m0/s1. The quantitative estimate of drug-likeness (QED) is 0.273. The molecule has 0 unspecified atom stereocenters. The average molecular weight is 584 g/mol. The fraction of sp³-hybridized carbons (Fsp3) is 0.355. The minimum absolute atomic E-state index is 0.0804. The average Bonchev–Trinajstić information content (AvgIpc) is 2.89. The van der Waals surface area contributed by atoms with Gasteiger partial charge >= 0.3 is 0 Å². The molecule has 40 heavy (non-hydrogen) atoms. The lowest BCUT2D eigenvalue weighted by molar-refractivity contribution is -0.139. The van der Waals surface area contributed by atoms with E-state index in [-0.39, 0.29) is 17.3 Å². The van der Waals surface area contributed by atoms with Crippen molar-refractivity contribution in [3.8, 4) is 0 Å². The molecule has 3 rings (SSSR count). The molecule has 0 aliphatic heterocycles. The molecule has 7 nitrogen and oxygen atoms in total. The molecule has 0 heterocycles. The normalized spacial score (nSPS) is 12.1. The zero-order valence-corrected chi connectivity index (χ0v) is 25.3. The number of nitrogens with zero attached hydrogens (tertiary/aromatic N) is 2. The molecule has 0 spiro atoms. The first-order valence-corrected chi connectivity index (χ1v) is 15.2. The fourth-order valence-electron chi connectivity index (χ4n) is 4.41. The number of sulfonamides is 1. The van der Waals surface area contributed by atoms with Crippen molar-refractivity contribution in [3.63, 3.8) is 0 Å². The summed E-state index contributed by atoms with van der Waals surface area (Å²) in [6, 6.07) is 18.2. The van der Waals surface area contributed by atoms with Gasteiger partial charge in [0.1, 0.15) is 12.6 Å². The Morgan fingerprint density at radius 2 is 1.57 bits per heavy atom. The van der Waals surface area contributed by atoms with Gasteiger partial charge in [0.25, 0.3) is 10.0 Å². The Morgan fingerprint density at radius 1 is 0.925 bits per heavy atom. The summed E-state index contributed by atoms with van der Waals surface area (Å²) < 4.78 is 29.1. The molecule has 9 heteroatoms. The van der Waals surface area contributed by atoms with E-state index in [1.54, 1.807) is 61.5 Å². The van der Waals surface area contributed by atoms with Gasteiger partial charge in [0.2, 0.25) is 11.8 Å². The molecule has 0 aliphatic carbocycles. The predicted octanol–water partition coefficient (Wildman–Crippen LogP) is 5.79. The van der Waals surface area contributed by atoms with Crippen molar-refractivity contribution in [2.45, 2.75) is 64.9 Å². The molecule has 0 aliphatic rings. The van der Waals surface area contributed by atoms with Crippen LogP contribution in [0.5, 0.6) is 0 Å². The highest BCUT2D eigenvalue weighted by molar-refractivity contribution is 7.92. The summed E-state index contributed by atoms with van der Waals surface area (Å²) in [6.07, 6.45) is 1.73. The number of rotatable bonds is 12. The summed E-state index contributed by atoms with van der Waals surface area (Å²) in [5.74, 6) is -0.809. The van der Waals surface area contributed by atoms with E-state index in [0.717, 1.165) is 39.4 Å². The number of carbonyl (C=O) groups excluding carboxylic acids is 2. The predicted molar refractivity (Wildman–Crippen MR) is 161 cm³/mol. The third kappa shape index (κ3) is 8.08. The first kappa shape index (κ1) is 31.2. The van der Waals surface area contributed by atoms with Crippen LogP contribution < -0.4 is 9.62 Å². The number of aryl methyl sites for hydroxylation is 3. The number of nitrogens with one attached hydrogen (secondary N) is 1. The van der Waals surface area contributed by atoms with Crippen LogP contribution in [0.3, 0.4) is 0 Å².